The van der Waals surface area contributed by atoms with E-state index in [4.69, 9.17) is 20.0 Å². The Morgan fingerprint density at radius 2 is 0.806 bits per heavy atom. The van der Waals surface area contributed by atoms with Crippen molar-refractivity contribution in [2.45, 2.75) is 54.4 Å². The van der Waals surface area contributed by atoms with Crippen molar-refractivity contribution >= 4 is 91.0 Å². The van der Waals surface area contributed by atoms with E-state index in [1.165, 1.54) is 24.3 Å². The highest BCUT2D eigenvalue weighted by atomic mass is 19.1. The second-order valence-electron chi connectivity index (χ2n) is 24.3. The molecule has 12 rings (SSSR count). The Hall–Kier alpha value is -12.9. The first-order chi connectivity index (χ1) is 49.9. The fraction of sp³-hybridized carbons (Fsp3) is 0.237. The average Bonchev–Trinajstić information content (AvgIpc) is 1.73. The zero-order valence-corrected chi connectivity index (χ0v) is 58.2. The monoisotopic (exact) mass is 1390 g/mol. The first kappa shape index (κ1) is 74.3. The molecule has 0 spiro atoms. The molecule has 4 heterocycles. The molecule has 4 aromatic heterocycles. The number of aromatic amines is 4. The number of urea groups is 4. The minimum absolute atomic E-state index is 0.259. The molecule has 0 radical (unpaired) electrons. The third kappa shape index (κ3) is 20.4. The van der Waals surface area contributed by atoms with Gasteiger partial charge in [0.1, 0.15) is 23.1 Å². The molecule has 0 fully saturated rings. The van der Waals surface area contributed by atoms with Crippen molar-refractivity contribution in [1.29, 1.82) is 10.5 Å². The van der Waals surface area contributed by atoms with Gasteiger partial charge in [0.25, 0.3) is 0 Å². The van der Waals surface area contributed by atoms with Crippen molar-refractivity contribution in [2.75, 3.05) is 74.8 Å². The molecule has 0 aliphatic carbocycles. The van der Waals surface area contributed by atoms with Crippen LogP contribution in [0.1, 0.15) is 65.5 Å². The number of anilines is 4. The zero-order chi connectivity index (χ0) is 73.4. The minimum atomic E-state index is -0.338. The molecular weight excluding hydrogens is 1310 g/mol. The Balaban J connectivity index is 0.000000160. The molecule has 0 unspecified atom stereocenters. The van der Waals surface area contributed by atoms with Gasteiger partial charge in [-0.25, -0.2) is 28.0 Å². The quantitative estimate of drug-likeness (QED) is 0.0298. The second kappa shape index (κ2) is 36.3. The summed E-state index contributed by atoms with van der Waals surface area (Å²) in [5, 5.41) is 74.9. The number of carbonyl (C=O) groups excluding carboxylic acids is 4. The fourth-order valence-electron chi connectivity index (χ4n) is 10.6. The van der Waals surface area contributed by atoms with Crippen LogP contribution in [0.25, 0.3) is 88.1 Å². The summed E-state index contributed by atoms with van der Waals surface area (Å²) in [6.45, 7) is 16.2. The van der Waals surface area contributed by atoms with Gasteiger partial charge in [0, 0.05) is 65.4 Å². The van der Waals surface area contributed by atoms with Gasteiger partial charge in [-0.05, 0) is 174 Å². The topological polar surface area (TPSA) is 357 Å². The average molecular weight is 1390 g/mol. The fourth-order valence-corrected chi connectivity index (χ4v) is 10.6. The van der Waals surface area contributed by atoms with E-state index in [9.17, 15) is 28.0 Å². The predicted molar refractivity (Wildman–Crippen MR) is 400 cm³/mol. The summed E-state index contributed by atoms with van der Waals surface area (Å²) in [4.78, 5) is 47.7. The first-order valence-corrected chi connectivity index (χ1v) is 33.4. The van der Waals surface area contributed by atoms with E-state index in [0.29, 0.717) is 95.0 Å². The maximum absolute atomic E-state index is 13.6. The molecule has 8 amide bonds. The summed E-state index contributed by atoms with van der Waals surface area (Å²) in [6.07, 6.45) is 1.79. The van der Waals surface area contributed by atoms with Crippen LogP contribution in [-0.2, 0) is 0 Å². The van der Waals surface area contributed by atoms with Crippen molar-refractivity contribution in [1.82, 2.24) is 67.4 Å². The third-order valence-electron chi connectivity index (χ3n) is 15.8. The molecule has 12 aromatic rings. The number of nitrogens with one attached hydrogen (secondary N) is 13. The summed E-state index contributed by atoms with van der Waals surface area (Å²) < 4.78 is 37.8. The summed E-state index contributed by atoms with van der Waals surface area (Å²) >= 11 is 0. The lowest BCUT2D eigenvalue weighted by Crippen LogP contribution is -2.34. The molecule has 530 valence electrons. The lowest BCUT2D eigenvalue weighted by Gasteiger charge is -2.09. The molecule has 0 saturated carbocycles. The molecule has 0 bridgehead atoms. The van der Waals surface area contributed by atoms with Crippen molar-refractivity contribution in [3.63, 3.8) is 0 Å². The number of aromatic nitrogens is 8. The predicted octanol–water partition coefficient (Wildman–Crippen LogP) is 15.2. The van der Waals surface area contributed by atoms with Crippen LogP contribution in [0.3, 0.4) is 0 Å². The van der Waals surface area contributed by atoms with Crippen molar-refractivity contribution in [2.24, 2.45) is 11.8 Å². The largest absolute Gasteiger partial charge is 0.496 e. The number of halogens is 2. The van der Waals surface area contributed by atoms with Crippen LogP contribution in [0.2, 0.25) is 0 Å². The number of rotatable bonds is 21. The Kier molecular flexibility index (Phi) is 26.2. The summed E-state index contributed by atoms with van der Waals surface area (Å²) in [5.41, 5.74) is 11.1. The van der Waals surface area contributed by atoms with Gasteiger partial charge in [-0.15, -0.1) is 0 Å². The molecule has 0 aliphatic heterocycles. The minimum Gasteiger partial charge on any atom is -0.496 e. The highest BCUT2D eigenvalue weighted by molar-refractivity contribution is 6.03. The van der Waals surface area contributed by atoms with Crippen molar-refractivity contribution in [3.05, 3.63) is 180 Å². The highest BCUT2D eigenvalue weighted by Gasteiger charge is 2.18. The molecule has 27 heteroatoms. The lowest BCUT2D eigenvalue weighted by atomic mass is 10.0. The smallest absolute Gasteiger partial charge is 0.320 e. The molecule has 25 nitrogen and oxygen atoms in total. The number of hydrogen-bond acceptors (Lipinski definition) is 13. The number of fused-ring (bicyclic) bond motifs is 4. The number of nitriles is 2. The Bertz CT molecular complexity index is 5010. The van der Waals surface area contributed by atoms with Crippen LogP contribution in [0, 0.1) is 46.1 Å². The van der Waals surface area contributed by atoms with Gasteiger partial charge in [0.2, 0.25) is 0 Å². The van der Waals surface area contributed by atoms with Crippen LogP contribution in [0.4, 0.5) is 51.2 Å². The van der Waals surface area contributed by atoms with Crippen molar-refractivity contribution in [3.8, 4) is 68.1 Å². The molecular formula is C76H81F2N19O6. The summed E-state index contributed by atoms with van der Waals surface area (Å²) in [5.74, 6) is 3.26. The van der Waals surface area contributed by atoms with Crippen molar-refractivity contribution < 1.29 is 37.4 Å². The number of amides is 8. The van der Waals surface area contributed by atoms with E-state index < -0.39 is 0 Å². The normalized spacial score (nSPS) is 10.7. The maximum atomic E-state index is 13.6. The Labute approximate surface area is 593 Å². The van der Waals surface area contributed by atoms with Gasteiger partial charge in [-0.1, -0.05) is 90.1 Å². The van der Waals surface area contributed by atoms with E-state index in [2.05, 4.69) is 115 Å². The highest BCUT2D eigenvalue weighted by Crippen LogP contribution is 2.36. The standard InChI is InChI=1S/C20H21N5O.C19H21FN4O2.C19H20N6O.C18H19FN4O2/c1-13(2)8-9-22-20(26)23-19-17-7-6-16(11-18(17)24-25-19)15-5-3-4-14(10-15)12-21;1-11(2)10-21-19(25)22-18-14-6-4-12(8-16(14)23-24-18)15-9-13(20)5-7-17(15)26-3;1-2-21-8-9-22-19(26)23-18-16-7-6-15(11-17(16)24-25-18)14-5-3-4-13(10-14)12-20;1-3-8-20-18(24)21-17-13-6-4-11(9-15(13)22-23-17)14-10-12(19)5-7-16(14)25-2/h3-7,10-11,13H,8-9H2,1-2H3,(H3,22,23,24,25,26);4-9,11H,10H2,1-3H3,(H3,21,22,23,24,25);3-7,10-11,21H,2,8-9H2,1H3,(H3,22,23,24,25,26);4-7,9-10H,3,8H2,1-2H3,(H3,20,21,22,23,24). The van der Waals surface area contributed by atoms with Gasteiger partial charge in [0.05, 0.1) is 59.6 Å². The van der Waals surface area contributed by atoms with Crippen LogP contribution < -0.4 is 57.3 Å². The van der Waals surface area contributed by atoms with E-state index in [1.807, 2.05) is 137 Å². The molecule has 0 aliphatic rings. The number of nitrogens with zero attached hydrogens (tertiary/aromatic N) is 6. The number of carbonyl (C=O) groups is 4. The number of H-pyrrole nitrogens is 4. The first-order valence-electron chi connectivity index (χ1n) is 33.4. The molecule has 13 N–H and O–H groups in total. The number of methoxy groups -OCH3 is 2. The van der Waals surface area contributed by atoms with Gasteiger partial charge in [-0.2, -0.15) is 30.9 Å². The Morgan fingerprint density at radius 1 is 0.437 bits per heavy atom. The van der Waals surface area contributed by atoms with Gasteiger partial charge in [0.15, 0.2) is 23.3 Å². The SMILES string of the molecule is CC(C)CCNC(=O)Nc1n[nH]c2cc(-c3cccc(C#N)c3)ccc12.CCCNC(=O)Nc1n[nH]c2cc(-c3cc(F)ccc3OC)ccc12.CCNCCNC(=O)Nc1n[nH]c2cc(-c3cccc(C#N)c3)ccc12.COc1ccc(F)cc1-c1ccc2c(NC(=O)NCC(C)C)n[nH]c2c1. The van der Waals surface area contributed by atoms with E-state index in [1.54, 1.807) is 38.5 Å². The maximum Gasteiger partial charge on any atom is 0.320 e. The van der Waals surface area contributed by atoms with E-state index in [-0.39, 0.29) is 35.8 Å². The molecule has 8 aromatic carbocycles. The third-order valence-corrected chi connectivity index (χ3v) is 15.8. The van der Waals surface area contributed by atoms with Crippen LogP contribution in [0.15, 0.2) is 158 Å². The summed E-state index contributed by atoms with van der Waals surface area (Å²) in [7, 11) is 3.09. The van der Waals surface area contributed by atoms with Crippen LogP contribution in [-0.4, -0.2) is 118 Å². The number of ether oxygens (including phenoxy) is 2. The van der Waals surface area contributed by atoms with Gasteiger partial charge < -0.3 is 36.1 Å². The Morgan fingerprint density at radius 3 is 1.17 bits per heavy atom. The molecule has 0 atom stereocenters. The van der Waals surface area contributed by atoms with Crippen LogP contribution in [0.5, 0.6) is 11.5 Å². The number of hydrogen-bond donors (Lipinski definition) is 13. The van der Waals surface area contributed by atoms with E-state index in [0.717, 1.165) is 103 Å². The van der Waals surface area contributed by atoms with Gasteiger partial charge >= 0.3 is 24.1 Å². The number of benzene rings is 8. The number of likely N-dealkylation sites (N-methyl/N-ethyl adjacent to an activating group) is 1. The van der Waals surface area contributed by atoms with E-state index >= 15 is 0 Å². The zero-order valence-electron chi connectivity index (χ0n) is 58.2. The second-order valence-corrected chi connectivity index (χ2v) is 24.3. The summed E-state index contributed by atoms with van der Waals surface area (Å²) in [6, 6.07) is 49.4. The lowest BCUT2D eigenvalue weighted by molar-refractivity contribution is 0.250. The van der Waals surface area contributed by atoms with Gasteiger partial charge in [-0.3, -0.25) is 41.7 Å². The molecule has 103 heavy (non-hydrogen) atoms. The molecule has 0 saturated heterocycles. The van der Waals surface area contributed by atoms with Crippen LogP contribution >= 0.6 is 0 Å².